The number of halogens is 1. The second kappa shape index (κ2) is 9.32. The van der Waals surface area contributed by atoms with E-state index in [1.165, 1.54) is 26.8 Å². The lowest BCUT2D eigenvalue weighted by Crippen LogP contribution is -2.41. The molecule has 10 heteroatoms. The molecule has 2 atom stereocenters. The summed E-state index contributed by atoms with van der Waals surface area (Å²) in [6.07, 6.45) is 2.19. The number of hydrogen-bond donors (Lipinski definition) is 2. The van der Waals surface area contributed by atoms with Gasteiger partial charge in [-0.15, -0.1) is 0 Å². The molecule has 206 valence electrons. The van der Waals surface area contributed by atoms with Gasteiger partial charge in [-0.3, -0.25) is 28.1 Å². The maximum atomic E-state index is 14.9. The third-order valence-electron chi connectivity index (χ3n) is 7.95. The van der Waals surface area contributed by atoms with Gasteiger partial charge in [0.05, 0.1) is 16.9 Å². The first-order valence-electron chi connectivity index (χ1n) is 13.4. The van der Waals surface area contributed by atoms with Crippen LogP contribution >= 0.6 is 0 Å². The fourth-order valence-corrected chi connectivity index (χ4v) is 5.35. The summed E-state index contributed by atoms with van der Waals surface area (Å²) in [7, 11) is 1.51. The van der Waals surface area contributed by atoms with Crippen molar-refractivity contribution < 1.29 is 9.18 Å². The molecule has 2 fully saturated rings. The molecule has 2 aromatic heterocycles. The van der Waals surface area contributed by atoms with Crippen LogP contribution < -0.4 is 27.4 Å². The highest BCUT2D eigenvalue weighted by Gasteiger charge is 2.39. The van der Waals surface area contributed by atoms with Gasteiger partial charge in [0.2, 0.25) is 5.91 Å². The molecular formula is C30H30FN5O4. The molecule has 2 aliphatic rings. The molecular weight excluding hydrogens is 513 g/mol. The van der Waals surface area contributed by atoms with Gasteiger partial charge >= 0.3 is 5.69 Å². The minimum atomic E-state index is -0.567. The van der Waals surface area contributed by atoms with E-state index < -0.39 is 22.6 Å². The van der Waals surface area contributed by atoms with Crippen molar-refractivity contribution in [2.75, 3.05) is 10.6 Å². The van der Waals surface area contributed by atoms with Gasteiger partial charge in [-0.2, -0.15) is 0 Å². The molecule has 6 rings (SSSR count). The monoisotopic (exact) mass is 543 g/mol. The number of carbonyl (C=O) groups is 1. The number of anilines is 3. The van der Waals surface area contributed by atoms with Gasteiger partial charge in [-0.05, 0) is 74.9 Å². The largest absolute Gasteiger partial charge is 0.338 e. The molecule has 2 saturated carbocycles. The number of benzene rings is 2. The minimum Gasteiger partial charge on any atom is -0.338 e. The highest BCUT2D eigenvalue weighted by Crippen LogP contribution is 2.38. The van der Waals surface area contributed by atoms with Gasteiger partial charge in [0.25, 0.3) is 11.1 Å². The highest BCUT2D eigenvalue weighted by molar-refractivity contribution is 5.95. The summed E-state index contributed by atoms with van der Waals surface area (Å²) in [6.45, 7) is 5.35. The van der Waals surface area contributed by atoms with Gasteiger partial charge in [-0.1, -0.05) is 19.1 Å². The quantitative estimate of drug-likeness (QED) is 0.378. The predicted octanol–water partition coefficient (Wildman–Crippen LogP) is 4.28. The number of nitrogens with zero attached hydrogens (tertiary/aromatic N) is 3. The first-order valence-corrected chi connectivity index (χ1v) is 13.4. The summed E-state index contributed by atoms with van der Waals surface area (Å²) >= 11 is 0. The molecule has 2 heterocycles. The van der Waals surface area contributed by atoms with E-state index in [4.69, 9.17) is 0 Å². The van der Waals surface area contributed by atoms with Crippen LogP contribution in [0.3, 0.4) is 0 Å². The lowest BCUT2D eigenvalue weighted by Gasteiger charge is -2.21. The summed E-state index contributed by atoms with van der Waals surface area (Å²) in [5.74, 6) is -0.231. The van der Waals surface area contributed by atoms with Crippen LogP contribution in [0.5, 0.6) is 0 Å². The average Bonchev–Trinajstić information content (AvgIpc) is 3.84. The third kappa shape index (κ3) is 4.24. The molecule has 2 aliphatic carbocycles. The normalized spacial score (nSPS) is 18.1. The van der Waals surface area contributed by atoms with Gasteiger partial charge in [0.15, 0.2) is 0 Å². The fraction of sp³-hybridized carbons (Fsp3) is 0.333. The van der Waals surface area contributed by atoms with Gasteiger partial charge in [0, 0.05) is 30.3 Å². The van der Waals surface area contributed by atoms with Crippen molar-refractivity contribution in [1.29, 1.82) is 0 Å². The van der Waals surface area contributed by atoms with E-state index in [9.17, 15) is 23.6 Å². The second-order valence-electron chi connectivity index (χ2n) is 11.1. The van der Waals surface area contributed by atoms with Gasteiger partial charge < -0.3 is 10.6 Å². The summed E-state index contributed by atoms with van der Waals surface area (Å²) < 4.78 is 18.7. The van der Waals surface area contributed by atoms with Crippen LogP contribution in [-0.2, 0) is 11.8 Å². The number of pyridine rings is 1. The Morgan fingerprint density at radius 2 is 1.75 bits per heavy atom. The van der Waals surface area contributed by atoms with Crippen LogP contribution in [0.15, 0.2) is 56.8 Å². The number of nitrogens with one attached hydrogen (secondary N) is 2. The molecule has 9 nitrogen and oxygen atoms in total. The van der Waals surface area contributed by atoms with E-state index in [0.29, 0.717) is 30.1 Å². The van der Waals surface area contributed by atoms with Crippen molar-refractivity contribution in [2.24, 2.45) is 18.9 Å². The van der Waals surface area contributed by atoms with E-state index in [1.807, 2.05) is 6.92 Å². The van der Waals surface area contributed by atoms with E-state index in [0.717, 1.165) is 12.0 Å². The molecule has 0 saturated heterocycles. The van der Waals surface area contributed by atoms with Gasteiger partial charge in [0.1, 0.15) is 17.0 Å². The summed E-state index contributed by atoms with van der Waals surface area (Å²) in [6, 6.07) is 11.2. The Balaban J connectivity index is 1.62. The van der Waals surface area contributed by atoms with Crippen molar-refractivity contribution in [3.8, 4) is 5.69 Å². The van der Waals surface area contributed by atoms with Crippen LogP contribution in [0.25, 0.3) is 16.6 Å². The van der Waals surface area contributed by atoms with E-state index in [1.54, 1.807) is 50.2 Å². The SMILES string of the molecule is Cc1ccc(Nc2c3c(=O)n(C4CC4)c(=O)n(-c4cccc(NC(=O)C5CC5C)c4)c3c(C)c(=O)n2C)c(F)c1. The summed E-state index contributed by atoms with van der Waals surface area (Å²) in [4.78, 5) is 53.9. The number of amides is 1. The average molecular weight is 544 g/mol. The van der Waals surface area contributed by atoms with Crippen LogP contribution in [0, 0.1) is 31.5 Å². The van der Waals surface area contributed by atoms with Crippen molar-refractivity contribution in [3.05, 3.63) is 90.6 Å². The number of aromatic nitrogens is 3. The van der Waals surface area contributed by atoms with E-state index in [-0.39, 0.29) is 45.8 Å². The predicted molar refractivity (Wildman–Crippen MR) is 152 cm³/mol. The topological polar surface area (TPSA) is 107 Å². The van der Waals surface area contributed by atoms with E-state index in [2.05, 4.69) is 10.6 Å². The first kappa shape index (κ1) is 25.8. The molecule has 0 radical (unpaired) electrons. The Labute approximate surface area is 228 Å². The van der Waals surface area contributed by atoms with Crippen molar-refractivity contribution in [3.63, 3.8) is 0 Å². The van der Waals surface area contributed by atoms with E-state index >= 15 is 0 Å². The first-order chi connectivity index (χ1) is 19.1. The van der Waals surface area contributed by atoms with Crippen LogP contribution in [-0.4, -0.2) is 19.6 Å². The van der Waals surface area contributed by atoms with Crippen molar-refractivity contribution in [1.82, 2.24) is 13.7 Å². The molecule has 0 spiro atoms. The number of aryl methyl sites for hydroxylation is 2. The minimum absolute atomic E-state index is 0.0370. The summed E-state index contributed by atoms with van der Waals surface area (Å²) in [5, 5.41) is 5.99. The summed E-state index contributed by atoms with van der Waals surface area (Å²) in [5.41, 5.74) is 0.519. The number of hydrogen-bond acceptors (Lipinski definition) is 5. The van der Waals surface area contributed by atoms with Crippen molar-refractivity contribution >= 4 is 34.0 Å². The Morgan fingerprint density at radius 1 is 1.02 bits per heavy atom. The zero-order valence-electron chi connectivity index (χ0n) is 22.7. The van der Waals surface area contributed by atoms with Crippen LogP contribution in [0.1, 0.15) is 43.4 Å². The molecule has 40 heavy (non-hydrogen) atoms. The maximum Gasteiger partial charge on any atom is 0.336 e. The maximum absolute atomic E-state index is 14.9. The molecule has 0 aliphatic heterocycles. The third-order valence-corrected chi connectivity index (χ3v) is 7.95. The van der Waals surface area contributed by atoms with Crippen LogP contribution in [0.2, 0.25) is 0 Å². The van der Waals surface area contributed by atoms with Crippen molar-refractivity contribution in [2.45, 2.75) is 46.1 Å². The lowest BCUT2D eigenvalue weighted by molar-refractivity contribution is -0.117. The zero-order chi connectivity index (χ0) is 28.5. The van der Waals surface area contributed by atoms with Gasteiger partial charge in [-0.25, -0.2) is 9.18 Å². The highest BCUT2D eigenvalue weighted by atomic mass is 19.1. The fourth-order valence-electron chi connectivity index (χ4n) is 5.35. The number of fused-ring (bicyclic) bond motifs is 1. The molecule has 1 amide bonds. The Hall–Kier alpha value is -4.47. The Kier molecular flexibility index (Phi) is 6.01. The standard InChI is InChI=1S/C30H30FN5O4/c1-15-8-11-23(22(31)12-15)33-26-24-25(17(3)28(38)34(26)4)35(30(40)36(29(24)39)19-9-10-19)20-7-5-6-18(14-20)32-27(37)21-13-16(21)2/h5-8,11-12,14,16,19,21,33H,9-10,13H2,1-4H3,(H,32,37). The molecule has 0 bridgehead atoms. The second-order valence-corrected chi connectivity index (χ2v) is 11.1. The Morgan fingerprint density at radius 3 is 2.40 bits per heavy atom. The Bertz CT molecular complexity index is 1900. The number of rotatable bonds is 6. The molecule has 2 aromatic carbocycles. The molecule has 2 N–H and O–H groups in total. The smallest absolute Gasteiger partial charge is 0.336 e. The molecule has 4 aromatic rings. The molecule has 2 unspecified atom stereocenters. The number of carbonyl (C=O) groups excluding carboxylic acids is 1. The zero-order valence-corrected chi connectivity index (χ0v) is 22.7. The van der Waals surface area contributed by atoms with Crippen LogP contribution in [0.4, 0.5) is 21.6 Å². The lowest BCUT2D eigenvalue weighted by atomic mass is 10.1.